The van der Waals surface area contributed by atoms with Crippen LogP contribution in [0.25, 0.3) is 0 Å². The van der Waals surface area contributed by atoms with Gasteiger partial charge < -0.3 is 15.0 Å². The summed E-state index contributed by atoms with van der Waals surface area (Å²) in [5.74, 6) is 0. The molecule has 1 heterocycles. The van der Waals surface area contributed by atoms with E-state index in [4.69, 9.17) is 4.74 Å². The highest BCUT2D eigenvalue weighted by molar-refractivity contribution is 5.54. The van der Waals surface area contributed by atoms with Gasteiger partial charge >= 0.3 is 0 Å². The van der Waals surface area contributed by atoms with Gasteiger partial charge in [0.2, 0.25) is 0 Å². The van der Waals surface area contributed by atoms with Crippen LogP contribution >= 0.6 is 0 Å². The van der Waals surface area contributed by atoms with Crippen LogP contribution in [-0.4, -0.2) is 32.8 Å². The van der Waals surface area contributed by atoms with Crippen LogP contribution in [0.2, 0.25) is 0 Å². The van der Waals surface area contributed by atoms with Crippen LogP contribution in [0.3, 0.4) is 0 Å². The Bertz CT molecular complexity index is 373. The Balaban J connectivity index is 1.99. The Morgan fingerprint density at radius 2 is 2.00 bits per heavy atom. The highest BCUT2D eigenvalue weighted by Gasteiger charge is 2.20. The van der Waals surface area contributed by atoms with E-state index in [1.165, 1.54) is 17.7 Å². The molecule has 2 rings (SSSR count). The summed E-state index contributed by atoms with van der Waals surface area (Å²) < 4.78 is 5.45. The van der Waals surface area contributed by atoms with Gasteiger partial charge in [-0.25, -0.2) is 0 Å². The van der Waals surface area contributed by atoms with Crippen molar-refractivity contribution in [3.63, 3.8) is 0 Å². The minimum Gasteiger partial charge on any atom is -0.381 e. The number of methoxy groups -OCH3 is 1. The minimum atomic E-state index is 0.446. The van der Waals surface area contributed by atoms with Gasteiger partial charge in [0.1, 0.15) is 0 Å². The lowest BCUT2D eigenvalue weighted by Gasteiger charge is -2.34. The van der Waals surface area contributed by atoms with Crippen LogP contribution in [0, 0.1) is 0 Å². The largest absolute Gasteiger partial charge is 0.381 e. The van der Waals surface area contributed by atoms with E-state index in [1.54, 1.807) is 0 Å². The van der Waals surface area contributed by atoms with Crippen LogP contribution in [-0.2, 0) is 11.3 Å². The number of nitrogens with zero attached hydrogens (tertiary/aromatic N) is 1. The van der Waals surface area contributed by atoms with Crippen LogP contribution in [0.5, 0.6) is 0 Å². The zero-order chi connectivity index (χ0) is 13.5. The summed E-state index contributed by atoms with van der Waals surface area (Å²) in [5.41, 5.74) is 2.80. The van der Waals surface area contributed by atoms with Gasteiger partial charge in [-0.15, -0.1) is 0 Å². The molecule has 1 saturated heterocycles. The number of rotatable bonds is 6. The fourth-order valence-corrected chi connectivity index (χ4v) is 2.70. The molecule has 0 aromatic heterocycles. The quantitative estimate of drug-likeness (QED) is 0.798. The molecule has 1 aliphatic rings. The lowest BCUT2D eigenvalue weighted by Crippen LogP contribution is -2.37. The van der Waals surface area contributed by atoms with E-state index in [-0.39, 0.29) is 0 Å². The third-order valence-corrected chi connectivity index (χ3v) is 3.85. The first-order valence-electron chi connectivity index (χ1n) is 7.41. The van der Waals surface area contributed by atoms with E-state index in [1.807, 2.05) is 7.11 Å². The molecule has 0 atom stereocenters. The Morgan fingerprint density at radius 3 is 2.68 bits per heavy atom. The molecule has 0 amide bonds. The molecule has 1 N–H and O–H groups in total. The van der Waals surface area contributed by atoms with Crippen molar-refractivity contribution < 1.29 is 4.74 Å². The first-order chi connectivity index (χ1) is 9.35. The highest BCUT2D eigenvalue weighted by atomic mass is 16.5. The zero-order valence-electron chi connectivity index (χ0n) is 12.2. The molecule has 0 unspecified atom stereocenters. The Morgan fingerprint density at radius 1 is 1.26 bits per heavy atom. The maximum absolute atomic E-state index is 5.45. The van der Waals surface area contributed by atoms with Gasteiger partial charge in [0.05, 0.1) is 6.10 Å². The van der Waals surface area contributed by atoms with Crippen molar-refractivity contribution in [1.82, 2.24) is 5.32 Å². The molecule has 1 fully saturated rings. The van der Waals surface area contributed by atoms with Gasteiger partial charge in [-0.2, -0.15) is 0 Å². The second-order valence-corrected chi connectivity index (χ2v) is 5.23. The maximum Gasteiger partial charge on any atom is 0.0605 e. The minimum absolute atomic E-state index is 0.446. The first-order valence-corrected chi connectivity index (χ1v) is 7.41. The van der Waals surface area contributed by atoms with E-state index in [0.717, 1.165) is 39.0 Å². The van der Waals surface area contributed by atoms with Crippen LogP contribution < -0.4 is 10.2 Å². The van der Waals surface area contributed by atoms with E-state index in [9.17, 15) is 0 Å². The molecule has 0 radical (unpaired) electrons. The van der Waals surface area contributed by atoms with Crippen LogP contribution in [0.15, 0.2) is 24.3 Å². The number of nitrogens with one attached hydrogen (secondary N) is 1. The van der Waals surface area contributed by atoms with E-state index < -0.39 is 0 Å². The maximum atomic E-state index is 5.45. The molecular formula is C16H26N2O. The lowest BCUT2D eigenvalue weighted by molar-refractivity contribution is 0.0819. The SMILES string of the molecule is CCCNCc1ccccc1N1CCC(OC)CC1. The summed E-state index contributed by atoms with van der Waals surface area (Å²) >= 11 is 0. The van der Waals surface area contributed by atoms with Crippen molar-refractivity contribution in [3.05, 3.63) is 29.8 Å². The Kier molecular flexibility index (Phi) is 5.67. The predicted octanol–water partition coefficient (Wildman–Crippen LogP) is 2.80. The van der Waals surface area contributed by atoms with Gasteiger partial charge in [0.15, 0.2) is 0 Å². The average Bonchev–Trinajstić information content (AvgIpc) is 2.48. The number of piperidine rings is 1. The average molecular weight is 262 g/mol. The molecule has 0 saturated carbocycles. The number of anilines is 1. The molecule has 3 heteroatoms. The van der Waals surface area contributed by atoms with Gasteiger partial charge in [-0.3, -0.25) is 0 Å². The third kappa shape index (κ3) is 3.95. The Hall–Kier alpha value is -1.06. The molecule has 1 aliphatic heterocycles. The first kappa shape index (κ1) is 14.4. The smallest absolute Gasteiger partial charge is 0.0605 e. The summed E-state index contributed by atoms with van der Waals surface area (Å²) in [5, 5.41) is 3.50. The van der Waals surface area contributed by atoms with E-state index >= 15 is 0 Å². The number of hydrogen-bond donors (Lipinski definition) is 1. The molecule has 0 aliphatic carbocycles. The number of hydrogen-bond acceptors (Lipinski definition) is 3. The number of benzene rings is 1. The van der Waals surface area contributed by atoms with Crippen molar-refractivity contribution in [2.24, 2.45) is 0 Å². The fraction of sp³-hybridized carbons (Fsp3) is 0.625. The van der Waals surface area contributed by atoms with Crippen molar-refractivity contribution in [3.8, 4) is 0 Å². The predicted molar refractivity (Wildman–Crippen MR) is 80.7 cm³/mol. The zero-order valence-corrected chi connectivity index (χ0v) is 12.2. The van der Waals surface area contributed by atoms with Crippen LogP contribution in [0.1, 0.15) is 31.7 Å². The molecule has 19 heavy (non-hydrogen) atoms. The molecule has 106 valence electrons. The second-order valence-electron chi connectivity index (χ2n) is 5.23. The molecule has 3 nitrogen and oxygen atoms in total. The topological polar surface area (TPSA) is 24.5 Å². The van der Waals surface area contributed by atoms with Crippen molar-refractivity contribution in [2.75, 3.05) is 31.6 Å². The summed E-state index contributed by atoms with van der Waals surface area (Å²) in [6.45, 7) is 6.45. The van der Waals surface area contributed by atoms with E-state index in [2.05, 4.69) is 41.4 Å². The highest BCUT2D eigenvalue weighted by Crippen LogP contribution is 2.24. The van der Waals surface area contributed by atoms with Crippen molar-refractivity contribution >= 4 is 5.69 Å². The normalized spacial score (nSPS) is 16.8. The molecule has 0 bridgehead atoms. The Labute approximate surface area is 116 Å². The van der Waals surface area contributed by atoms with Gasteiger partial charge in [0.25, 0.3) is 0 Å². The fourth-order valence-electron chi connectivity index (χ4n) is 2.70. The van der Waals surface area contributed by atoms with Gasteiger partial charge in [-0.1, -0.05) is 25.1 Å². The van der Waals surface area contributed by atoms with Gasteiger partial charge in [-0.05, 0) is 37.4 Å². The molecule has 1 aromatic rings. The summed E-state index contributed by atoms with van der Waals surface area (Å²) in [4.78, 5) is 2.50. The van der Waals surface area contributed by atoms with Crippen molar-refractivity contribution in [2.45, 2.75) is 38.8 Å². The number of ether oxygens (including phenoxy) is 1. The second kappa shape index (κ2) is 7.51. The monoisotopic (exact) mass is 262 g/mol. The summed E-state index contributed by atoms with van der Waals surface area (Å²) in [7, 11) is 1.82. The molecule has 0 spiro atoms. The third-order valence-electron chi connectivity index (χ3n) is 3.85. The van der Waals surface area contributed by atoms with Crippen molar-refractivity contribution in [1.29, 1.82) is 0 Å². The van der Waals surface area contributed by atoms with E-state index in [0.29, 0.717) is 6.10 Å². The van der Waals surface area contributed by atoms with Crippen LogP contribution in [0.4, 0.5) is 5.69 Å². The lowest BCUT2D eigenvalue weighted by atomic mass is 10.0. The number of para-hydroxylation sites is 1. The summed E-state index contributed by atoms with van der Waals surface area (Å²) in [6, 6.07) is 8.76. The standard InChI is InChI=1S/C16H26N2O/c1-3-10-17-13-14-6-4-5-7-16(14)18-11-8-15(19-2)9-12-18/h4-7,15,17H,3,8-13H2,1-2H3. The summed E-state index contributed by atoms with van der Waals surface area (Å²) in [6.07, 6.45) is 3.89. The molecular weight excluding hydrogens is 236 g/mol. The van der Waals surface area contributed by atoms with Gasteiger partial charge in [0, 0.05) is 32.4 Å². The molecule has 1 aromatic carbocycles.